The molecule has 1 rings (SSSR count). The number of H-pyrrole nitrogens is 1. The number of aryl methyl sites for hydroxylation is 1. The predicted octanol–water partition coefficient (Wildman–Crippen LogP) is 2.65. The van der Waals surface area contributed by atoms with E-state index in [1.807, 2.05) is 6.92 Å². The summed E-state index contributed by atoms with van der Waals surface area (Å²) >= 11 is 0. The highest BCUT2D eigenvalue weighted by molar-refractivity contribution is 5.15. The molecule has 0 bridgehead atoms. The summed E-state index contributed by atoms with van der Waals surface area (Å²) in [4.78, 5) is 0. The summed E-state index contributed by atoms with van der Waals surface area (Å²) in [7, 11) is 0. The van der Waals surface area contributed by atoms with Crippen LogP contribution in [-0.4, -0.2) is 10.2 Å². The minimum atomic E-state index is 0. The van der Waals surface area contributed by atoms with E-state index >= 15 is 0 Å². The second-order valence-corrected chi connectivity index (χ2v) is 3.67. The van der Waals surface area contributed by atoms with Crippen molar-refractivity contribution in [1.82, 2.24) is 10.2 Å². The Labute approximate surface area is 69.5 Å². The minimum Gasteiger partial charge on any atom is -0.283 e. The Kier molecular flexibility index (Phi) is 2.03. The summed E-state index contributed by atoms with van der Waals surface area (Å²) in [5.41, 5.74) is 2.52. The molecule has 0 aliphatic rings. The Morgan fingerprint density at radius 2 is 2.27 bits per heavy atom. The van der Waals surface area contributed by atoms with Crippen LogP contribution < -0.4 is 0 Å². The molecule has 0 saturated heterocycles. The zero-order chi connectivity index (χ0) is 8.48. The topological polar surface area (TPSA) is 28.7 Å². The lowest BCUT2D eigenvalue weighted by molar-refractivity contribution is 0.489. The standard InChI is InChI=1S/C9H16N2.H2/c1-5-9(3,4)8-6-7(2)10-11-8;/h6H,5H2,1-4H3,(H,10,11);1H. The first kappa shape index (κ1) is 8.31. The van der Waals surface area contributed by atoms with Crippen LogP contribution in [0.1, 0.15) is 40.0 Å². The number of nitrogens with one attached hydrogen (secondary N) is 1. The Morgan fingerprint density at radius 3 is 2.64 bits per heavy atom. The van der Waals surface area contributed by atoms with E-state index in [0.717, 1.165) is 17.8 Å². The summed E-state index contributed by atoms with van der Waals surface area (Å²) in [6.07, 6.45) is 1.12. The third kappa shape index (κ3) is 1.62. The van der Waals surface area contributed by atoms with Crippen LogP contribution in [0.5, 0.6) is 0 Å². The highest BCUT2D eigenvalue weighted by Gasteiger charge is 2.20. The summed E-state index contributed by atoms with van der Waals surface area (Å²) in [5, 5.41) is 7.19. The van der Waals surface area contributed by atoms with Crippen molar-refractivity contribution in [1.29, 1.82) is 0 Å². The smallest absolute Gasteiger partial charge is 0.0680 e. The quantitative estimate of drug-likeness (QED) is 0.697. The molecule has 2 nitrogen and oxygen atoms in total. The summed E-state index contributed by atoms with van der Waals surface area (Å²) in [6.45, 7) is 8.64. The molecule has 0 aromatic carbocycles. The Bertz CT molecular complexity index is 240. The van der Waals surface area contributed by atoms with Crippen LogP contribution in [0.25, 0.3) is 0 Å². The van der Waals surface area contributed by atoms with Crippen molar-refractivity contribution in [2.45, 2.75) is 39.5 Å². The maximum absolute atomic E-state index is 4.23. The van der Waals surface area contributed by atoms with Crippen LogP contribution in [0, 0.1) is 6.92 Å². The van der Waals surface area contributed by atoms with E-state index in [-0.39, 0.29) is 6.84 Å². The molecular formula is C9H18N2. The summed E-state index contributed by atoms with van der Waals surface area (Å²) in [5.74, 6) is 0. The normalized spacial score (nSPS) is 12.0. The van der Waals surface area contributed by atoms with Crippen molar-refractivity contribution >= 4 is 0 Å². The second kappa shape index (κ2) is 2.68. The number of rotatable bonds is 2. The Balaban J connectivity index is 0.00000121. The largest absolute Gasteiger partial charge is 0.283 e. The van der Waals surface area contributed by atoms with Gasteiger partial charge in [0.1, 0.15) is 0 Å². The molecule has 0 aliphatic heterocycles. The van der Waals surface area contributed by atoms with Gasteiger partial charge in [0.05, 0.1) is 5.69 Å². The van der Waals surface area contributed by atoms with Gasteiger partial charge in [-0.05, 0) is 19.4 Å². The fourth-order valence-corrected chi connectivity index (χ4v) is 0.946. The predicted molar refractivity (Wildman–Crippen MR) is 48.8 cm³/mol. The first-order valence-corrected chi connectivity index (χ1v) is 4.09. The lowest BCUT2D eigenvalue weighted by Crippen LogP contribution is -2.15. The van der Waals surface area contributed by atoms with Gasteiger partial charge in [-0.3, -0.25) is 5.10 Å². The van der Waals surface area contributed by atoms with E-state index in [1.165, 1.54) is 0 Å². The molecule has 64 valence electrons. The zero-order valence-electron chi connectivity index (χ0n) is 7.73. The average molecular weight is 154 g/mol. The van der Waals surface area contributed by atoms with Gasteiger partial charge >= 0.3 is 0 Å². The Hall–Kier alpha value is -0.790. The fourth-order valence-electron chi connectivity index (χ4n) is 0.946. The highest BCUT2D eigenvalue weighted by atomic mass is 15.1. The Morgan fingerprint density at radius 1 is 1.64 bits per heavy atom. The molecule has 1 aromatic rings. The van der Waals surface area contributed by atoms with Gasteiger partial charge in [-0.1, -0.05) is 20.8 Å². The minimum absolute atomic E-state index is 0. The van der Waals surface area contributed by atoms with Gasteiger partial charge in [0, 0.05) is 12.5 Å². The van der Waals surface area contributed by atoms with E-state index in [2.05, 4.69) is 37.0 Å². The molecule has 0 atom stereocenters. The van der Waals surface area contributed by atoms with E-state index < -0.39 is 0 Å². The lowest BCUT2D eigenvalue weighted by Gasteiger charge is -2.18. The molecule has 1 aromatic heterocycles. The maximum Gasteiger partial charge on any atom is 0.0680 e. The van der Waals surface area contributed by atoms with Crippen LogP contribution in [-0.2, 0) is 5.41 Å². The molecule has 1 N–H and O–H groups in total. The first-order chi connectivity index (χ1) is 5.06. The zero-order valence-corrected chi connectivity index (χ0v) is 7.73. The number of hydrogen-bond acceptors (Lipinski definition) is 1. The molecule has 0 aliphatic carbocycles. The van der Waals surface area contributed by atoms with Crippen molar-refractivity contribution in [3.63, 3.8) is 0 Å². The molecule has 0 saturated carbocycles. The maximum atomic E-state index is 4.23. The number of hydrogen-bond donors (Lipinski definition) is 1. The molecular weight excluding hydrogens is 136 g/mol. The molecule has 1 heterocycles. The average Bonchev–Trinajstić information content (AvgIpc) is 2.36. The number of nitrogens with zero attached hydrogens (tertiary/aromatic N) is 1. The lowest BCUT2D eigenvalue weighted by atomic mass is 9.86. The van der Waals surface area contributed by atoms with Crippen LogP contribution in [0.15, 0.2) is 6.07 Å². The van der Waals surface area contributed by atoms with Crippen LogP contribution in [0.2, 0.25) is 0 Å². The van der Waals surface area contributed by atoms with Gasteiger partial charge in [0.2, 0.25) is 0 Å². The third-order valence-electron chi connectivity index (χ3n) is 2.28. The molecule has 0 unspecified atom stereocenters. The van der Waals surface area contributed by atoms with Crippen molar-refractivity contribution in [3.8, 4) is 0 Å². The highest BCUT2D eigenvalue weighted by Crippen LogP contribution is 2.24. The van der Waals surface area contributed by atoms with Crippen molar-refractivity contribution < 1.29 is 1.43 Å². The van der Waals surface area contributed by atoms with Crippen molar-refractivity contribution in [2.75, 3.05) is 0 Å². The van der Waals surface area contributed by atoms with E-state index in [9.17, 15) is 0 Å². The van der Waals surface area contributed by atoms with Crippen LogP contribution >= 0.6 is 0 Å². The van der Waals surface area contributed by atoms with E-state index in [4.69, 9.17) is 0 Å². The molecule has 0 radical (unpaired) electrons. The van der Waals surface area contributed by atoms with E-state index in [0.29, 0.717) is 0 Å². The third-order valence-corrected chi connectivity index (χ3v) is 2.28. The van der Waals surface area contributed by atoms with Crippen LogP contribution in [0.3, 0.4) is 0 Å². The van der Waals surface area contributed by atoms with Gasteiger partial charge in [0.25, 0.3) is 0 Å². The fraction of sp³-hybridized carbons (Fsp3) is 0.667. The molecule has 11 heavy (non-hydrogen) atoms. The first-order valence-electron chi connectivity index (χ1n) is 4.09. The SMILES string of the molecule is CCC(C)(C)c1cc(C)[nH]n1.[HH]. The molecule has 0 amide bonds. The van der Waals surface area contributed by atoms with Gasteiger partial charge in [-0.25, -0.2) is 0 Å². The van der Waals surface area contributed by atoms with Gasteiger partial charge in [0.15, 0.2) is 0 Å². The van der Waals surface area contributed by atoms with Crippen LogP contribution in [0.4, 0.5) is 0 Å². The second-order valence-electron chi connectivity index (χ2n) is 3.67. The molecule has 2 heteroatoms. The number of aromatic nitrogens is 2. The van der Waals surface area contributed by atoms with Gasteiger partial charge in [-0.15, -0.1) is 0 Å². The van der Waals surface area contributed by atoms with Crippen molar-refractivity contribution in [3.05, 3.63) is 17.5 Å². The van der Waals surface area contributed by atoms with Gasteiger partial charge in [-0.2, -0.15) is 5.10 Å². The monoisotopic (exact) mass is 154 g/mol. The summed E-state index contributed by atoms with van der Waals surface area (Å²) < 4.78 is 0. The molecule has 0 fully saturated rings. The summed E-state index contributed by atoms with van der Waals surface area (Å²) in [6, 6.07) is 2.11. The molecule has 0 spiro atoms. The van der Waals surface area contributed by atoms with Gasteiger partial charge < -0.3 is 0 Å². The number of aromatic amines is 1. The van der Waals surface area contributed by atoms with E-state index in [1.54, 1.807) is 0 Å². The van der Waals surface area contributed by atoms with Crippen molar-refractivity contribution in [2.24, 2.45) is 0 Å².